The summed E-state index contributed by atoms with van der Waals surface area (Å²) in [4.78, 5) is 15.7. The molecule has 1 unspecified atom stereocenters. The van der Waals surface area contributed by atoms with E-state index in [4.69, 9.17) is 0 Å². The first-order valence-electron chi connectivity index (χ1n) is 13.3. The number of carbonyl (C=O) groups excluding carboxylic acids is 1. The summed E-state index contributed by atoms with van der Waals surface area (Å²) in [6.07, 6.45) is 12.1. The second-order valence-electron chi connectivity index (χ2n) is 13.0. The number of hydrogen-bond acceptors (Lipinski definition) is 4. The standard InChI is InChI=1S/C27H45NO3/c1-25(31)11-8-20-18(15-25)6-7-22-21(20)9-12-27(3)23(10-13-26(22,27)2)24(30)17-28-14-4-5-19(29)16-28/h18-23,29,31H,4-17H2,1-3H3/t18-,19?,20-,21+,22+,23+,25+,26-,27+/m0/s1. The number of fused-ring (bicyclic) bond motifs is 5. The number of β-amino-alcohol motifs (C(OH)–C–C–N with tert-alkyl or cyclic N) is 1. The van der Waals surface area contributed by atoms with Crippen LogP contribution in [0, 0.1) is 40.4 Å². The molecule has 1 saturated heterocycles. The van der Waals surface area contributed by atoms with Crippen molar-refractivity contribution in [3.05, 3.63) is 0 Å². The Morgan fingerprint density at radius 3 is 2.45 bits per heavy atom. The highest BCUT2D eigenvalue weighted by molar-refractivity contribution is 5.84. The number of ketones is 1. The van der Waals surface area contributed by atoms with E-state index < -0.39 is 5.60 Å². The van der Waals surface area contributed by atoms with Gasteiger partial charge in [-0.3, -0.25) is 9.69 Å². The van der Waals surface area contributed by atoms with Crippen molar-refractivity contribution in [1.29, 1.82) is 0 Å². The number of carbonyl (C=O) groups is 1. The summed E-state index contributed by atoms with van der Waals surface area (Å²) in [5.74, 6) is 3.71. The molecule has 4 aliphatic carbocycles. The summed E-state index contributed by atoms with van der Waals surface area (Å²) >= 11 is 0. The van der Waals surface area contributed by atoms with Crippen LogP contribution in [0.4, 0.5) is 0 Å². The average Bonchev–Trinajstić information content (AvgIpc) is 2.98. The molecule has 0 radical (unpaired) electrons. The zero-order valence-corrected chi connectivity index (χ0v) is 20.1. The van der Waals surface area contributed by atoms with Gasteiger partial charge in [-0.05, 0) is 119 Å². The molecule has 0 spiro atoms. The van der Waals surface area contributed by atoms with Crippen molar-refractivity contribution in [3.63, 3.8) is 0 Å². The molecule has 0 amide bonds. The fourth-order valence-electron chi connectivity index (χ4n) is 9.53. The van der Waals surface area contributed by atoms with Gasteiger partial charge in [-0.25, -0.2) is 0 Å². The first-order valence-corrected chi connectivity index (χ1v) is 13.3. The van der Waals surface area contributed by atoms with Gasteiger partial charge in [0.2, 0.25) is 0 Å². The molecule has 5 rings (SSSR count). The SMILES string of the molecule is C[C@@]1(O)CC[C@H]2[C@@H](CC[C@@H]3[C@@H]2CC[C@]2(C)[C@@H](C(=O)CN4CCCC(O)C4)CC[C@@]32C)C1. The Labute approximate surface area is 189 Å². The van der Waals surface area contributed by atoms with E-state index in [1.54, 1.807) is 0 Å². The molecule has 0 bridgehead atoms. The summed E-state index contributed by atoms with van der Waals surface area (Å²) in [6, 6.07) is 0. The molecule has 5 fully saturated rings. The summed E-state index contributed by atoms with van der Waals surface area (Å²) in [7, 11) is 0. The zero-order valence-electron chi connectivity index (χ0n) is 20.1. The van der Waals surface area contributed by atoms with Crippen molar-refractivity contribution >= 4 is 5.78 Å². The van der Waals surface area contributed by atoms with Gasteiger partial charge in [-0.15, -0.1) is 0 Å². The maximum atomic E-state index is 13.5. The number of hydrogen-bond donors (Lipinski definition) is 2. The zero-order chi connectivity index (χ0) is 22.0. The van der Waals surface area contributed by atoms with Crippen LogP contribution in [0.25, 0.3) is 0 Å². The summed E-state index contributed by atoms with van der Waals surface area (Å²) in [5, 5.41) is 20.7. The van der Waals surface area contributed by atoms with Crippen molar-refractivity contribution in [2.24, 2.45) is 40.4 Å². The van der Waals surface area contributed by atoms with E-state index in [0.29, 0.717) is 24.8 Å². The lowest BCUT2D eigenvalue weighted by atomic mass is 9.43. The highest BCUT2D eigenvalue weighted by Crippen LogP contribution is 2.70. The second kappa shape index (κ2) is 7.81. The lowest BCUT2D eigenvalue weighted by Gasteiger charge is -2.61. The number of piperidine rings is 1. The van der Waals surface area contributed by atoms with Crippen molar-refractivity contribution in [2.75, 3.05) is 19.6 Å². The van der Waals surface area contributed by atoms with Crippen LogP contribution < -0.4 is 0 Å². The fourth-order valence-corrected chi connectivity index (χ4v) is 9.53. The van der Waals surface area contributed by atoms with Gasteiger partial charge in [-0.2, -0.15) is 0 Å². The van der Waals surface area contributed by atoms with Gasteiger partial charge in [0, 0.05) is 12.5 Å². The van der Waals surface area contributed by atoms with E-state index in [1.165, 1.54) is 38.5 Å². The van der Waals surface area contributed by atoms with E-state index in [2.05, 4.69) is 18.7 Å². The third-order valence-electron chi connectivity index (χ3n) is 11.3. The minimum atomic E-state index is -0.450. The Morgan fingerprint density at radius 1 is 0.935 bits per heavy atom. The number of aliphatic hydroxyl groups is 2. The minimum Gasteiger partial charge on any atom is -0.392 e. The highest BCUT2D eigenvalue weighted by Gasteiger charge is 2.64. The van der Waals surface area contributed by atoms with Crippen molar-refractivity contribution in [3.8, 4) is 0 Å². The number of nitrogens with zero attached hydrogens (tertiary/aromatic N) is 1. The fraction of sp³-hybridized carbons (Fsp3) is 0.963. The molecule has 1 heterocycles. The number of Topliss-reactive ketones (excluding diaryl/α,β-unsaturated/α-hetero) is 1. The Kier molecular flexibility index (Phi) is 5.63. The van der Waals surface area contributed by atoms with Crippen LogP contribution in [-0.4, -0.2) is 52.2 Å². The molecule has 4 saturated carbocycles. The Bertz CT molecular complexity index is 707. The van der Waals surface area contributed by atoms with E-state index in [1.807, 2.05) is 6.92 Å². The smallest absolute Gasteiger partial charge is 0.150 e. The van der Waals surface area contributed by atoms with Gasteiger partial charge >= 0.3 is 0 Å². The van der Waals surface area contributed by atoms with Crippen LogP contribution in [0.2, 0.25) is 0 Å². The Morgan fingerprint density at radius 2 is 1.68 bits per heavy atom. The van der Waals surface area contributed by atoms with Gasteiger partial charge in [0.1, 0.15) is 5.78 Å². The maximum absolute atomic E-state index is 13.5. The van der Waals surface area contributed by atoms with E-state index in [-0.39, 0.29) is 22.9 Å². The van der Waals surface area contributed by atoms with Crippen LogP contribution in [0.15, 0.2) is 0 Å². The Balaban J connectivity index is 1.31. The van der Waals surface area contributed by atoms with E-state index >= 15 is 0 Å². The molecule has 9 atom stereocenters. The Hall–Kier alpha value is -0.450. The molecule has 5 aliphatic rings. The molecule has 0 aromatic heterocycles. The number of aliphatic hydroxyl groups excluding tert-OH is 1. The first kappa shape index (κ1) is 22.3. The monoisotopic (exact) mass is 431 g/mol. The van der Waals surface area contributed by atoms with E-state index in [0.717, 1.165) is 56.4 Å². The third kappa shape index (κ3) is 3.64. The highest BCUT2D eigenvalue weighted by atomic mass is 16.3. The first-order chi connectivity index (χ1) is 14.6. The average molecular weight is 432 g/mol. The van der Waals surface area contributed by atoms with Gasteiger partial charge in [0.05, 0.1) is 18.2 Å². The normalized spacial score (nSPS) is 52.8. The topological polar surface area (TPSA) is 60.8 Å². The molecule has 1 aliphatic heterocycles. The molecule has 0 aromatic carbocycles. The maximum Gasteiger partial charge on any atom is 0.150 e. The van der Waals surface area contributed by atoms with Crippen LogP contribution in [0.5, 0.6) is 0 Å². The molecule has 2 N–H and O–H groups in total. The summed E-state index contributed by atoms with van der Waals surface area (Å²) < 4.78 is 0. The molecule has 0 aromatic rings. The number of rotatable bonds is 3. The summed E-state index contributed by atoms with van der Waals surface area (Å²) in [5.41, 5.74) is -0.0385. The van der Waals surface area contributed by atoms with Crippen LogP contribution in [-0.2, 0) is 4.79 Å². The van der Waals surface area contributed by atoms with Gasteiger partial charge < -0.3 is 10.2 Å². The van der Waals surface area contributed by atoms with Gasteiger partial charge in [0.15, 0.2) is 0 Å². The van der Waals surface area contributed by atoms with Crippen molar-refractivity contribution < 1.29 is 15.0 Å². The molecule has 31 heavy (non-hydrogen) atoms. The van der Waals surface area contributed by atoms with Gasteiger partial charge in [0.25, 0.3) is 0 Å². The number of likely N-dealkylation sites (tertiary alicyclic amines) is 1. The van der Waals surface area contributed by atoms with E-state index in [9.17, 15) is 15.0 Å². The van der Waals surface area contributed by atoms with Crippen molar-refractivity contribution in [1.82, 2.24) is 4.90 Å². The largest absolute Gasteiger partial charge is 0.392 e. The second-order valence-corrected chi connectivity index (χ2v) is 13.0. The molecule has 4 nitrogen and oxygen atoms in total. The molecule has 176 valence electrons. The predicted molar refractivity (Wildman–Crippen MR) is 123 cm³/mol. The predicted octanol–water partition coefficient (Wildman–Crippen LogP) is 4.42. The van der Waals surface area contributed by atoms with Crippen LogP contribution >= 0.6 is 0 Å². The molecular formula is C27H45NO3. The van der Waals surface area contributed by atoms with Crippen LogP contribution in [0.3, 0.4) is 0 Å². The summed E-state index contributed by atoms with van der Waals surface area (Å²) in [6.45, 7) is 9.22. The van der Waals surface area contributed by atoms with Crippen molar-refractivity contribution in [2.45, 2.75) is 103 Å². The minimum absolute atomic E-state index is 0.132. The van der Waals surface area contributed by atoms with Crippen LogP contribution in [0.1, 0.15) is 91.4 Å². The molecule has 4 heteroatoms. The third-order valence-corrected chi connectivity index (χ3v) is 11.3. The lowest BCUT2D eigenvalue weighted by Crippen LogP contribution is -2.56. The van der Waals surface area contributed by atoms with Gasteiger partial charge in [-0.1, -0.05) is 13.8 Å². The quantitative estimate of drug-likeness (QED) is 0.694. The molecular weight excluding hydrogens is 386 g/mol. The lowest BCUT2D eigenvalue weighted by molar-refractivity contribution is -0.149.